The van der Waals surface area contributed by atoms with E-state index in [0.29, 0.717) is 13.1 Å². The predicted molar refractivity (Wildman–Crippen MR) is 110 cm³/mol. The average molecular weight is 378 g/mol. The van der Waals surface area contributed by atoms with Crippen molar-refractivity contribution in [3.8, 4) is 0 Å². The topological polar surface area (TPSA) is 77.2 Å². The standard InChI is InChI=1S/C21H26N6O/c1-15-4-5-17-18(12-15)25-20(24-17)14-23-21(28)27-9-3-8-26(10-11-27)19-6-7-22-13-16(19)2/h4-7,12-13H,3,8-11,14H2,1-2H3,(H,23,28)(H,24,25). The van der Waals surface area contributed by atoms with Crippen LogP contribution < -0.4 is 10.2 Å². The van der Waals surface area contributed by atoms with Gasteiger partial charge in [-0.2, -0.15) is 0 Å². The van der Waals surface area contributed by atoms with Crippen LogP contribution >= 0.6 is 0 Å². The van der Waals surface area contributed by atoms with Gasteiger partial charge >= 0.3 is 6.03 Å². The van der Waals surface area contributed by atoms with E-state index in [1.807, 2.05) is 35.5 Å². The molecule has 1 aromatic carbocycles. The summed E-state index contributed by atoms with van der Waals surface area (Å²) < 4.78 is 0. The Morgan fingerprint density at radius 3 is 2.93 bits per heavy atom. The molecule has 7 heteroatoms. The number of carbonyl (C=O) groups excluding carboxylic acids is 1. The molecule has 0 radical (unpaired) electrons. The third-order valence-electron chi connectivity index (χ3n) is 5.21. The summed E-state index contributed by atoms with van der Waals surface area (Å²) in [5, 5.41) is 3.00. The SMILES string of the molecule is Cc1ccc2nc(CNC(=O)N3CCCN(c4ccncc4C)CC3)[nH]c2c1. The summed E-state index contributed by atoms with van der Waals surface area (Å²) >= 11 is 0. The summed E-state index contributed by atoms with van der Waals surface area (Å²) in [6, 6.07) is 8.12. The van der Waals surface area contributed by atoms with Crippen molar-refractivity contribution in [3.63, 3.8) is 0 Å². The second kappa shape index (κ2) is 7.88. The van der Waals surface area contributed by atoms with Gasteiger partial charge in [-0.3, -0.25) is 4.98 Å². The van der Waals surface area contributed by atoms with Crippen LogP contribution in [0.5, 0.6) is 0 Å². The molecule has 1 fully saturated rings. The minimum absolute atomic E-state index is 0.0371. The van der Waals surface area contributed by atoms with Crippen LogP contribution in [0.25, 0.3) is 11.0 Å². The molecule has 0 bridgehead atoms. The van der Waals surface area contributed by atoms with Crippen LogP contribution in [0.4, 0.5) is 10.5 Å². The lowest BCUT2D eigenvalue weighted by Gasteiger charge is -2.25. The minimum Gasteiger partial charge on any atom is -0.369 e. The Bertz CT molecular complexity index is 982. The number of imidazole rings is 1. The molecule has 146 valence electrons. The van der Waals surface area contributed by atoms with Crippen LogP contribution in [0.15, 0.2) is 36.7 Å². The molecule has 0 spiro atoms. The fourth-order valence-electron chi connectivity index (χ4n) is 3.71. The summed E-state index contributed by atoms with van der Waals surface area (Å²) in [5.74, 6) is 0.776. The molecule has 4 rings (SSSR count). The molecule has 2 N–H and O–H groups in total. The van der Waals surface area contributed by atoms with E-state index in [2.05, 4.69) is 45.1 Å². The molecule has 1 aliphatic rings. The first-order valence-corrected chi connectivity index (χ1v) is 9.74. The molecule has 3 heterocycles. The third kappa shape index (κ3) is 3.93. The van der Waals surface area contributed by atoms with Crippen molar-refractivity contribution in [2.24, 2.45) is 0 Å². The first kappa shape index (κ1) is 18.3. The molecule has 0 unspecified atom stereocenters. The number of amides is 2. The third-order valence-corrected chi connectivity index (χ3v) is 5.21. The van der Waals surface area contributed by atoms with Gasteiger partial charge in [-0.1, -0.05) is 6.07 Å². The van der Waals surface area contributed by atoms with E-state index >= 15 is 0 Å². The van der Waals surface area contributed by atoms with Crippen molar-refractivity contribution in [2.75, 3.05) is 31.1 Å². The summed E-state index contributed by atoms with van der Waals surface area (Å²) in [6.07, 6.45) is 4.66. The Morgan fingerprint density at radius 2 is 2.07 bits per heavy atom. The molecule has 2 amide bonds. The predicted octanol–water partition coefficient (Wildman–Crippen LogP) is 3.00. The molecule has 0 atom stereocenters. The number of H-pyrrole nitrogens is 1. The highest BCUT2D eigenvalue weighted by atomic mass is 16.2. The lowest BCUT2D eigenvalue weighted by Crippen LogP contribution is -2.42. The number of nitrogens with one attached hydrogen (secondary N) is 2. The lowest BCUT2D eigenvalue weighted by molar-refractivity contribution is 0.201. The van der Waals surface area contributed by atoms with Crippen molar-refractivity contribution in [3.05, 3.63) is 53.6 Å². The van der Waals surface area contributed by atoms with Gasteiger partial charge in [0, 0.05) is 44.3 Å². The highest BCUT2D eigenvalue weighted by Gasteiger charge is 2.20. The molecule has 1 saturated heterocycles. The Labute approximate surface area is 164 Å². The van der Waals surface area contributed by atoms with E-state index in [-0.39, 0.29) is 6.03 Å². The highest BCUT2D eigenvalue weighted by Crippen LogP contribution is 2.20. The van der Waals surface area contributed by atoms with Gasteiger partial charge in [0.15, 0.2) is 0 Å². The molecular formula is C21H26N6O. The number of pyridine rings is 1. The normalized spacial score (nSPS) is 14.9. The number of nitrogens with zero attached hydrogens (tertiary/aromatic N) is 4. The van der Waals surface area contributed by atoms with Gasteiger partial charge < -0.3 is 20.1 Å². The Hall–Kier alpha value is -3.09. The Balaban J connectivity index is 1.35. The molecular weight excluding hydrogens is 352 g/mol. The number of carbonyl (C=O) groups is 1. The van der Waals surface area contributed by atoms with Crippen molar-refractivity contribution < 1.29 is 4.79 Å². The summed E-state index contributed by atoms with van der Waals surface area (Å²) in [7, 11) is 0. The van der Waals surface area contributed by atoms with Crippen molar-refractivity contribution in [1.29, 1.82) is 0 Å². The zero-order valence-corrected chi connectivity index (χ0v) is 16.4. The van der Waals surface area contributed by atoms with Gasteiger partial charge in [0.25, 0.3) is 0 Å². The van der Waals surface area contributed by atoms with Crippen molar-refractivity contribution >= 4 is 22.8 Å². The van der Waals surface area contributed by atoms with Crippen LogP contribution in [0.1, 0.15) is 23.4 Å². The number of rotatable bonds is 3. The number of fused-ring (bicyclic) bond motifs is 1. The van der Waals surface area contributed by atoms with Gasteiger partial charge in [0.05, 0.1) is 17.6 Å². The van der Waals surface area contributed by atoms with E-state index in [4.69, 9.17) is 0 Å². The number of hydrogen-bond acceptors (Lipinski definition) is 4. The molecule has 0 saturated carbocycles. The number of hydrogen-bond donors (Lipinski definition) is 2. The summed E-state index contributed by atoms with van der Waals surface area (Å²) in [4.78, 5) is 28.9. The van der Waals surface area contributed by atoms with Crippen LogP contribution in [0, 0.1) is 13.8 Å². The first-order chi connectivity index (χ1) is 13.6. The minimum atomic E-state index is -0.0371. The number of aromatic amines is 1. The van der Waals surface area contributed by atoms with Gasteiger partial charge in [0.1, 0.15) is 5.82 Å². The molecule has 7 nitrogen and oxygen atoms in total. The smallest absolute Gasteiger partial charge is 0.317 e. The Morgan fingerprint density at radius 1 is 1.18 bits per heavy atom. The summed E-state index contributed by atoms with van der Waals surface area (Å²) in [5.41, 5.74) is 5.48. The molecule has 0 aliphatic carbocycles. The second-order valence-corrected chi connectivity index (χ2v) is 7.35. The molecule has 1 aliphatic heterocycles. The number of aryl methyl sites for hydroxylation is 2. The van der Waals surface area contributed by atoms with E-state index in [0.717, 1.165) is 42.9 Å². The average Bonchev–Trinajstić information content (AvgIpc) is 2.92. The summed E-state index contributed by atoms with van der Waals surface area (Å²) in [6.45, 7) is 7.75. The van der Waals surface area contributed by atoms with Crippen LogP contribution in [-0.2, 0) is 6.54 Å². The number of urea groups is 1. The van der Waals surface area contributed by atoms with Crippen molar-refractivity contribution in [2.45, 2.75) is 26.8 Å². The number of aromatic nitrogens is 3. The fraction of sp³-hybridized carbons (Fsp3) is 0.381. The van der Waals surface area contributed by atoms with Gasteiger partial charge in [-0.25, -0.2) is 9.78 Å². The first-order valence-electron chi connectivity index (χ1n) is 9.74. The fourth-order valence-corrected chi connectivity index (χ4v) is 3.71. The van der Waals surface area contributed by atoms with Gasteiger partial charge in [-0.05, 0) is 49.6 Å². The van der Waals surface area contributed by atoms with Gasteiger partial charge in [0.2, 0.25) is 0 Å². The number of anilines is 1. The van der Waals surface area contributed by atoms with E-state index in [9.17, 15) is 4.79 Å². The second-order valence-electron chi connectivity index (χ2n) is 7.35. The maximum absolute atomic E-state index is 12.6. The quantitative estimate of drug-likeness (QED) is 0.735. The lowest BCUT2D eigenvalue weighted by atomic mass is 10.2. The zero-order chi connectivity index (χ0) is 19.5. The molecule has 28 heavy (non-hydrogen) atoms. The van der Waals surface area contributed by atoms with Crippen LogP contribution in [-0.4, -0.2) is 52.1 Å². The largest absolute Gasteiger partial charge is 0.369 e. The maximum Gasteiger partial charge on any atom is 0.317 e. The van der Waals surface area contributed by atoms with E-state index in [1.54, 1.807) is 0 Å². The van der Waals surface area contributed by atoms with Crippen molar-refractivity contribution in [1.82, 2.24) is 25.2 Å². The Kier molecular flexibility index (Phi) is 5.14. The van der Waals surface area contributed by atoms with E-state index in [1.165, 1.54) is 16.8 Å². The monoisotopic (exact) mass is 378 g/mol. The van der Waals surface area contributed by atoms with Gasteiger partial charge in [-0.15, -0.1) is 0 Å². The molecule has 3 aromatic rings. The number of benzene rings is 1. The van der Waals surface area contributed by atoms with Crippen LogP contribution in [0.3, 0.4) is 0 Å². The van der Waals surface area contributed by atoms with E-state index < -0.39 is 0 Å². The highest BCUT2D eigenvalue weighted by molar-refractivity contribution is 5.76. The van der Waals surface area contributed by atoms with Crippen LogP contribution in [0.2, 0.25) is 0 Å². The zero-order valence-electron chi connectivity index (χ0n) is 16.4. The molecule has 2 aromatic heterocycles. The maximum atomic E-state index is 12.6.